The number of aliphatic carboxylic acids is 1. The van der Waals surface area contributed by atoms with Crippen LogP contribution in [0.3, 0.4) is 0 Å². The molecule has 0 aliphatic carbocycles. The maximum absolute atomic E-state index is 13.4. The second kappa shape index (κ2) is 7.32. The summed E-state index contributed by atoms with van der Waals surface area (Å²) in [5.74, 6) is -5.71. The molecule has 1 unspecified atom stereocenters. The first-order valence-corrected chi connectivity index (χ1v) is 5.91. The van der Waals surface area contributed by atoms with E-state index in [4.69, 9.17) is 5.11 Å². The van der Waals surface area contributed by atoms with E-state index in [1.807, 2.05) is 5.32 Å². The zero-order valence-corrected chi connectivity index (χ0v) is 11.1. The third-order valence-corrected chi connectivity index (χ3v) is 2.66. The zero-order valence-electron chi connectivity index (χ0n) is 11.1. The van der Waals surface area contributed by atoms with Crippen LogP contribution in [0, 0.1) is 11.6 Å². The molecule has 0 aliphatic rings. The molecule has 1 atom stereocenters. The smallest absolute Gasteiger partial charge is 0.326 e. The Hall–Kier alpha value is -2.51. The molecule has 0 aliphatic heterocycles. The second-order valence-corrected chi connectivity index (χ2v) is 4.08. The quantitative estimate of drug-likeness (QED) is 0.768. The van der Waals surface area contributed by atoms with Crippen LogP contribution in [-0.4, -0.2) is 36.1 Å². The van der Waals surface area contributed by atoms with Crippen molar-refractivity contribution in [1.29, 1.82) is 0 Å². The highest BCUT2D eigenvalue weighted by Gasteiger charge is 2.24. The molecular weight excluding hydrogens is 288 g/mol. The van der Waals surface area contributed by atoms with Crippen LogP contribution in [0.25, 0.3) is 0 Å². The van der Waals surface area contributed by atoms with E-state index in [1.165, 1.54) is 0 Å². The molecule has 1 rings (SSSR count). The lowest BCUT2D eigenvalue weighted by molar-refractivity contribution is -0.142. The summed E-state index contributed by atoms with van der Waals surface area (Å²) in [5.41, 5.74) is -0.612. The van der Waals surface area contributed by atoms with Gasteiger partial charge in [-0.1, -0.05) is 6.07 Å². The average Bonchev–Trinajstić information content (AvgIpc) is 2.45. The maximum atomic E-state index is 13.4. The van der Waals surface area contributed by atoms with Gasteiger partial charge in [-0.15, -0.1) is 0 Å². The van der Waals surface area contributed by atoms with Gasteiger partial charge in [0.25, 0.3) is 5.91 Å². The molecule has 0 aromatic heterocycles. The van der Waals surface area contributed by atoms with Crippen molar-refractivity contribution >= 4 is 17.8 Å². The molecule has 8 heteroatoms. The molecule has 1 aromatic carbocycles. The maximum Gasteiger partial charge on any atom is 0.326 e. The fourth-order valence-electron chi connectivity index (χ4n) is 1.54. The molecule has 21 heavy (non-hydrogen) atoms. The van der Waals surface area contributed by atoms with Crippen LogP contribution in [0.5, 0.6) is 0 Å². The lowest BCUT2D eigenvalue weighted by atomic mass is 10.1. The zero-order chi connectivity index (χ0) is 16.0. The summed E-state index contributed by atoms with van der Waals surface area (Å²) >= 11 is 0. The predicted octanol–water partition coefficient (Wildman–Crippen LogP) is 1.10. The predicted molar refractivity (Wildman–Crippen MR) is 66.5 cm³/mol. The SMILES string of the molecule is COC(=O)CCC(NC(=O)c1cccc(F)c1F)C(=O)O. The number of amides is 1. The second-order valence-electron chi connectivity index (χ2n) is 4.08. The molecule has 2 N–H and O–H groups in total. The number of carbonyl (C=O) groups excluding carboxylic acids is 2. The number of benzene rings is 1. The Morgan fingerprint density at radius 2 is 2.00 bits per heavy atom. The minimum Gasteiger partial charge on any atom is -0.480 e. The fraction of sp³-hybridized carbons (Fsp3) is 0.308. The van der Waals surface area contributed by atoms with E-state index in [-0.39, 0.29) is 12.8 Å². The number of hydrogen-bond acceptors (Lipinski definition) is 4. The number of halogens is 2. The average molecular weight is 301 g/mol. The number of ether oxygens (including phenoxy) is 1. The largest absolute Gasteiger partial charge is 0.480 e. The Morgan fingerprint density at radius 3 is 2.57 bits per heavy atom. The van der Waals surface area contributed by atoms with Crippen molar-refractivity contribution in [2.24, 2.45) is 0 Å². The number of nitrogens with one attached hydrogen (secondary N) is 1. The Balaban J connectivity index is 2.79. The highest BCUT2D eigenvalue weighted by Crippen LogP contribution is 2.12. The van der Waals surface area contributed by atoms with Crippen LogP contribution in [0.2, 0.25) is 0 Å². The third kappa shape index (κ3) is 4.51. The summed E-state index contributed by atoms with van der Waals surface area (Å²) in [4.78, 5) is 33.7. The van der Waals surface area contributed by atoms with Crippen molar-refractivity contribution in [3.05, 3.63) is 35.4 Å². The lowest BCUT2D eigenvalue weighted by Gasteiger charge is -2.14. The van der Waals surface area contributed by atoms with Gasteiger partial charge in [0.2, 0.25) is 0 Å². The van der Waals surface area contributed by atoms with Gasteiger partial charge in [-0.05, 0) is 18.6 Å². The number of esters is 1. The van der Waals surface area contributed by atoms with Gasteiger partial charge in [0.05, 0.1) is 12.7 Å². The Bertz CT molecular complexity index is 561. The Labute approximate surface area is 118 Å². The van der Waals surface area contributed by atoms with Gasteiger partial charge in [0.1, 0.15) is 6.04 Å². The number of methoxy groups -OCH3 is 1. The van der Waals surface area contributed by atoms with Crippen molar-refractivity contribution in [2.45, 2.75) is 18.9 Å². The third-order valence-electron chi connectivity index (χ3n) is 2.66. The summed E-state index contributed by atoms with van der Waals surface area (Å²) in [5, 5.41) is 11.0. The highest BCUT2D eigenvalue weighted by molar-refractivity contribution is 5.96. The van der Waals surface area contributed by atoms with Gasteiger partial charge in [-0.3, -0.25) is 9.59 Å². The van der Waals surface area contributed by atoms with E-state index >= 15 is 0 Å². The molecule has 0 bridgehead atoms. The standard InChI is InChI=1S/C13H13F2NO5/c1-21-10(17)6-5-9(13(19)20)16-12(18)7-3-2-4-8(14)11(7)15/h2-4,9H,5-6H2,1H3,(H,16,18)(H,19,20). The molecule has 0 fully saturated rings. The Kier molecular flexibility index (Phi) is 5.77. The summed E-state index contributed by atoms with van der Waals surface area (Å²) in [6.07, 6.45) is -0.468. The van der Waals surface area contributed by atoms with Crippen molar-refractivity contribution in [1.82, 2.24) is 5.32 Å². The molecule has 0 spiro atoms. The molecular formula is C13H13F2NO5. The fourth-order valence-corrected chi connectivity index (χ4v) is 1.54. The van der Waals surface area contributed by atoms with Gasteiger partial charge < -0.3 is 15.2 Å². The summed E-state index contributed by atoms with van der Waals surface area (Å²) < 4.78 is 30.8. The van der Waals surface area contributed by atoms with Gasteiger partial charge in [-0.25, -0.2) is 13.6 Å². The normalized spacial score (nSPS) is 11.6. The molecule has 0 saturated heterocycles. The summed E-state index contributed by atoms with van der Waals surface area (Å²) in [6.45, 7) is 0. The number of carboxylic acid groups (broad SMARTS) is 1. The van der Waals surface area contributed by atoms with Crippen LogP contribution in [0.1, 0.15) is 23.2 Å². The first kappa shape index (κ1) is 16.5. The lowest BCUT2D eigenvalue weighted by Crippen LogP contribution is -2.41. The first-order valence-electron chi connectivity index (χ1n) is 5.91. The van der Waals surface area contributed by atoms with E-state index in [9.17, 15) is 23.2 Å². The van der Waals surface area contributed by atoms with E-state index in [1.54, 1.807) is 0 Å². The number of rotatable bonds is 6. The molecule has 114 valence electrons. The minimum absolute atomic E-state index is 0.231. The van der Waals surface area contributed by atoms with Gasteiger partial charge in [-0.2, -0.15) is 0 Å². The molecule has 0 radical (unpaired) electrons. The van der Waals surface area contributed by atoms with Crippen LogP contribution in [0.15, 0.2) is 18.2 Å². The number of carbonyl (C=O) groups is 3. The van der Waals surface area contributed by atoms with Crippen molar-refractivity contribution < 1.29 is 33.0 Å². The summed E-state index contributed by atoms with van der Waals surface area (Å²) in [7, 11) is 1.14. The van der Waals surface area contributed by atoms with Crippen molar-refractivity contribution in [3.8, 4) is 0 Å². The molecule has 1 aromatic rings. The Morgan fingerprint density at radius 1 is 1.33 bits per heavy atom. The van der Waals surface area contributed by atoms with Crippen LogP contribution >= 0.6 is 0 Å². The van der Waals surface area contributed by atoms with Crippen molar-refractivity contribution in [2.75, 3.05) is 7.11 Å². The summed E-state index contributed by atoms with van der Waals surface area (Å²) in [6, 6.07) is 1.56. The number of carboxylic acids is 1. The van der Waals surface area contributed by atoms with E-state index in [2.05, 4.69) is 4.74 Å². The molecule has 1 amide bonds. The van der Waals surface area contributed by atoms with Gasteiger partial charge >= 0.3 is 11.9 Å². The van der Waals surface area contributed by atoms with Crippen LogP contribution in [0.4, 0.5) is 8.78 Å². The molecule has 0 saturated carbocycles. The monoisotopic (exact) mass is 301 g/mol. The highest BCUT2D eigenvalue weighted by atomic mass is 19.2. The van der Waals surface area contributed by atoms with Crippen molar-refractivity contribution in [3.63, 3.8) is 0 Å². The van der Waals surface area contributed by atoms with Gasteiger partial charge in [0, 0.05) is 6.42 Å². The van der Waals surface area contributed by atoms with Crippen LogP contribution < -0.4 is 5.32 Å². The van der Waals surface area contributed by atoms with Crippen LogP contribution in [-0.2, 0) is 14.3 Å². The van der Waals surface area contributed by atoms with E-state index in [0.717, 1.165) is 25.3 Å². The molecule has 6 nitrogen and oxygen atoms in total. The molecule has 0 heterocycles. The first-order chi connectivity index (χ1) is 9.86. The minimum atomic E-state index is -1.42. The topological polar surface area (TPSA) is 92.7 Å². The van der Waals surface area contributed by atoms with Gasteiger partial charge in [0.15, 0.2) is 11.6 Å². The van der Waals surface area contributed by atoms with E-state index < -0.39 is 41.1 Å². The van der Waals surface area contributed by atoms with E-state index in [0.29, 0.717) is 0 Å². The number of hydrogen-bond donors (Lipinski definition) is 2.